The van der Waals surface area contributed by atoms with Crippen LogP contribution >= 0.6 is 11.6 Å². The first-order valence-corrected chi connectivity index (χ1v) is 7.33. The highest BCUT2D eigenvalue weighted by molar-refractivity contribution is 6.30. The summed E-state index contributed by atoms with van der Waals surface area (Å²) in [5, 5.41) is 11.4. The molecule has 3 rings (SSSR count). The van der Waals surface area contributed by atoms with Crippen LogP contribution in [0.4, 0.5) is 0 Å². The van der Waals surface area contributed by atoms with E-state index in [0.717, 1.165) is 42.7 Å². The molecule has 0 aliphatic carbocycles. The molecule has 2 aliphatic rings. The first-order valence-electron chi connectivity index (χ1n) is 6.95. The third-order valence-electron chi connectivity index (χ3n) is 4.16. The topological polar surface area (TPSA) is 38.7 Å². The first-order chi connectivity index (χ1) is 9.20. The predicted molar refractivity (Wildman–Crippen MR) is 73.7 cm³/mol. The van der Waals surface area contributed by atoms with Crippen molar-refractivity contribution in [2.45, 2.75) is 38.4 Å². The maximum atomic E-state index is 10.7. The molecule has 0 saturated carbocycles. The number of halogens is 1. The summed E-state index contributed by atoms with van der Waals surface area (Å²) >= 11 is 6.15. The fourth-order valence-corrected chi connectivity index (χ4v) is 3.44. The monoisotopic (exact) mass is 282 g/mol. The first kappa shape index (κ1) is 13.2. The lowest BCUT2D eigenvalue weighted by atomic mass is 9.88. The summed E-state index contributed by atoms with van der Waals surface area (Å²) in [5.74, 6) is 0.968. The van der Waals surface area contributed by atoms with E-state index in [9.17, 15) is 5.11 Å². The normalized spacial score (nSPS) is 27.1. The van der Waals surface area contributed by atoms with Gasteiger partial charge >= 0.3 is 0 Å². The van der Waals surface area contributed by atoms with Crippen LogP contribution in [0.1, 0.15) is 37.0 Å². The minimum absolute atomic E-state index is 0.131. The van der Waals surface area contributed by atoms with Gasteiger partial charge in [0.15, 0.2) is 0 Å². The Kier molecular flexibility index (Phi) is 3.70. The van der Waals surface area contributed by atoms with Crippen LogP contribution in [0.25, 0.3) is 0 Å². The van der Waals surface area contributed by atoms with E-state index in [1.807, 2.05) is 12.1 Å². The van der Waals surface area contributed by atoms with E-state index >= 15 is 0 Å². The molecule has 0 bridgehead atoms. The van der Waals surface area contributed by atoms with Crippen molar-refractivity contribution < 1.29 is 14.6 Å². The van der Waals surface area contributed by atoms with E-state index in [2.05, 4.69) is 6.92 Å². The second-order valence-corrected chi connectivity index (χ2v) is 5.73. The fraction of sp³-hybridized carbons (Fsp3) is 0.600. The smallest absolute Gasteiger partial charge is 0.128 e. The van der Waals surface area contributed by atoms with Gasteiger partial charge in [0.1, 0.15) is 5.75 Å². The summed E-state index contributed by atoms with van der Waals surface area (Å²) in [5.41, 5.74) is 1.93. The van der Waals surface area contributed by atoms with Crippen LogP contribution in [-0.4, -0.2) is 24.4 Å². The lowest BCUT2D eigenvalue weighted by Crippen LogP contribution is -2.22. The summed E-state index contributed by atoms with van der Waals surface area (Å²) < 4.78 is 11.3. The molecular weight excluding hydrogens is 264 g/mol. The lowest BCUT2D eigenvalue weighted by Gasteiger charge is -2.24. The number of hydrogen-bond donors (Lipinski definition) is 1. The highest BCUT2D eigenvalue weighted by atomic mass is 35.5. The molecule has 0 radical (unpaired) electrons. The third kappa shape index (κ3) is 2.35. The molecular formula is C15H19ClO3. The van der Waals surface area contributed by atoms with E-state index < -0.39 is 6.10 Å². The molecule has 3 unspecified atom stereocenters. The Bertz CT molecular complexity index is 475. The molecule has 3 atom stereocenters. The van der Waals surface area contributed by atoms with Crippen LogP contribution in [0.2, 0.25) is 5.02 Å². The molecule has 1 saturated heterocycles. The second-order valence-electron chi connectivity index (χ2n) is 5.30. The van der Waals surface area contributed by atoms with Crippen LogP contribution in [-0.2, 0) is 11.2 Å². The molecule has 0 spiro atoms. The molecule has 3 nitrogen and oxygen atoms in total. The van der Waals surface area contributed by atoms with E-state index in [4.69, 9.17) is 21.1 Å². The predicted octanol–water partition coefficient (Wildman–Crippen LogP) is 3.12. The van der Waals surface area contributed by atoms with Crippen LogP contribution in [0.3, 0.4) is 0 Å². The Labute approximate surface area is 118 Å². The number of benzene rings is 1. The van der Waals surface area contributed by atoms with Crippen molar-refractivity contribution in [3.8, 4) is 5.75 Å². The van der Waals surface area contributed by atoms with Crippen LogP contribution in [0.5, 0.6) is 5.75 Å². The van der Waals surface area contributed by atoms with Gasteiger partial charge in [0.25, 0.3) is 0 Å². The molecule has 1 aromatic carbocycles. The largest absolute Gasteiger partial charge is 0.493 e. The standard InChI is InChI=1S/C15H19ClO3/c1-2-13-11(4-6-18-13)14(17)12-8-10(16)7-9-3-5-19-15(9)12/h7-8,11,13-14,17H,2-6H2,1H3. The summed E-state index contributed by atoms with van der Waals surface area (Å²) in [6.45, 7) is 3.49. The van der Waals surface area contributed by atoms with Gasteiger partial charge < -0.3 is 14.6 Å². The Morgan fingerprint density at radius 3 is 3.05 bits per heavy atom. The zero-order valence-electron chi connectivity index (χ0n) is 11.1. The number of aliphatic hydroxyl groups excluding tert-OH is 1. The van der Waals surface area contributed by atoms with Gasteiger partial charge in [-0.1, -0.05) is 18.5 Å². The van der Waals surface area contributed by atoms with Gasteiger partial charge in [0.05, 0.1) is 18.8 Å². The molecule has 0 aromatic heterocycles. The lowest BCUT2D eigenvalue weighted by molar-refractivity contribution is 0.0297. The molecule has 2 aliphatic heterocycles. The van der Waals surface area contributed by atoms with Gasteiger partial charge in [-0.05, 0) is 30.5 Å². The number of ether oxygens (including phenoxy) is 2. The van der Waals surface area contributed by atoms with Crippen molar-refractivity contribution >= 4 is 11.6 Å². The summed E-state index contributed by atoms with van der Waals surface area (Å²) in [6, 6.07) is 3.77. The quantitative estimate of drug-likeness (QED) is 0.926. The fourth-order valence-electron chi connectivity index (χ4n) is 3.20. The van der Waals surface area contributed by atoms with Crippen molar-refractivity contribution in [3.63, 3.8) is 0 Å². The van der Waals surface area contributed by atoms with Gasteiger partial charge in [0.2, 0.25) is 0 Å². The van der Waals surface area contributed by atoms with Gasteiger partial charge in [-0.15, -0.1) is 0 Å². The van der Waals surface area contributed by atoms with Gasteiger partial charge in [-0.25, -0.2) is 0 Å². The minimum atomic E-state index is -0.557. The van der Waals surface area contributed by atoms with E-state index in [-0.39, 0.29) is 12.0 Å². The zero-order chi connectivity index (χ0) is 13.4. The summed E-state index contributed by atoms with van der Waals surface area (Å²) in [6.07, 6.45) is 2.25. The van der Waals surface area contributed by atoms with Crippen LogP contribution in [0.15, 0.2) is 12.1 Å². The van der Waals surface area contributed by atoms with Crippen molar-refractivity contribution in [2.75, 3.05) is 13.2 Å². The molecule has 1 fully saturated rings. The van der Waals surface area contributed by atoms with Gasteiger partial charge in [-0.3, -0.25) is 0 Å². The van der Waals surface area contributed by atoms with Crippen molar-refractivity contribution in [3.05, 3.63) is 28.3 Å². The third-order valence-corrected chi connectivity index (χ3v) is 4.38. The highest BCUT2D eigenvalue weighted by Gasteiger charge is 2.36. The van der Waals surface area contributed by atoms with E-state index in [0.29, 0.717) is 11.6 Å². The maximum Gasteiger partial charge on any atom is 0.128 e. The van der Waals surface area contributed by atoms with Crippen molar-refractivity contribution in [1.82, 2.24) is 0 Å². The minimum Gasteiger partial charge on any atom is -0.493 e. The number of fused-ring (bicyclic) bond motifs is 1. The summed E-state index contributed by atoms with van der Waals surface area (Å²) in [7, 11) is 0. The average Bonchev–Trinajstić information content (AvgIpc) is 3.04. The molecule has 19 heavy (non-hydrogen) atoms. The number of hydrogen-bond acceptors (Lipinski definition) is 3. The molecule has 1 aromatic rings. The molecule has 2 heterocycles. The maximum absolute atomic E-state index is 10.7. The van der Waals surface area contributed by atoms with E-state index in [1.165, 1.54) is 0 Å². The van der Waals surface area contributed by atoms with Crippen LogP contribution in [0, 0.1) is 5.92 Å². The molecule has 104 valence electrons. The molecule has 0 amide bonds. The van der Waals surface area contributed by atoms with Crippen molar-refractivity contribution in [1.29, 1.82) is 0 Å². The average molecular weight is 283 g/mol. The van der Waals surface area contributed by atoms with Gasteiger partial charge in [0, 0.05) is 29.5 Å². The van der Waals surface area contributed by atoms with Crippen LogP contribution < -0.4 is 4.74 Å². The Morgan fingerprint density at radius 1 is 1.42 bits per heavy atom. The Hall–Kier alpha value is -0.770. The Morgan fingerprint density at radius 2 is 2.26 bits per heavy atom. The van der Waals surface area contributed by atoms with Crippen molar-refractivity contribution in [2.24, 2.45) is 5.92 Å². The number of rotatable bonds is 3. The number of aliphatic hydroxyl groups is 1. The molecule has 4 heteroatoms. The second kappa shape index (κ2) is 5.31. The zero-order valence-corrected chi connectivity index (χ0v) is 11.8. The Balaban J connectivity index is 1.93. The SMILES string of the molecule is CCC1OCCC1C(O)c1cc(Cl)cc2c1OCC2. The highest BCUT2D eigenvalue weighted by Crippen LogP contribution is 2.42. The summed E-state index contributed by atoms with van der Waals surface area (Å²) in [4.78, 5) is 0. The van der Waals surface area contributed by atoms with Gasteiger partial charge in [-0.2, -0.15) is 0 Å². The van der Waals surface area contributed by atoms with E-state index in [1.54, 1.807) is 0 Å². The molecule has 1 N–H and O–H groups in total.